The average molecular weight is 486 g/mol. The predicted molar refractivity (Wildman–Crippen MR) is 153 cm³/mol. The molecular weight excluding hydrogens is 466 g/mol. The van der Waals surface area contributed by atoms with E-state index in [1.54, 1.807) is 0 Å². The van der Waals surface area contributed by atoms with Crippen molar-refractivity contribution in [1.29, 1.82) is 0 Å². The Morgan fingerprint density at radius 1 is 0.763 bits per heavy atom. The molecule has 0 amide bonds. The molecule has 0 N–H and O–H groups in total. The van der Waals surface area contributed by atoms with Gasteiger partial charge in [-0.25, -0.2) is 9.97 Å². The fourth-order valence-electron chi connectivity index (χ4n) is 7.07. The van der Waals surface area contributed by atoms with E-state index in [1.165, 1.54) is 49.0 Å². The summed E-state index contributed by atoms with van der Waals surface area (Å²) in [6.07, 6.45) is 7.63. The predicted octanol–water partition coefficient (Wildman–Crippen LogP) is 7.06. The summed E-state index contributed by atoms with van der Waals surface area (Å²) in [5.41, 5.74) is 8.09. The highest BCUT2D eigenvalue weighted by molar-refractivity contribution is 6.28. The maximum atomic E-state index is 6.44. The molecule has 176 valence electrons. The van der Waals surface area contributed by atoms with E-state index in [9.17, 15) is 0 Å². The normalized spacial score (nSPS) is 16.4. The largest absolute Gasteiger partial charge is 0.481 e. The molecule has 7 aromatic rings. The Bertz CT molecular complexity index is 2290. The van der Waals surface area contributed by atoms with Crippen LogP contribution in [0.15, 0.2) is 84.9 Å². The molecule has 1 unspecified atom stereocenters. The molecule has 1 atom stereocenters. The van der Waals surface area contributed by atoms with Crippen LogP contribution >= 0.6 is 0 Å². The lowest BCUT2D eigenvalue weighted by molar-refractivity contribution is 0.277. The van der Waals surface area contributed by atoms with Gasteiger partial charge in [-0.2, -0.15) is 0 Å². The third kappa shape index (κ3) is 2.15. The van der Waals surface area contributed by atoms with Crippen LogP contribution in [0.5, 0.6) is 5.75 Å². The number of aromatic nitrogens is 3. The number of rotatable bonds is 2. The summed E-state index contributed by atoms with van der Waals surface area (Å²) < 4.78 is 8.73. The molecular formula is C34H19N3O. The van der Waals surface area contributed by atoms with Gasteiger partial charge in [-0.1, -0.05) is 72.8 Å². The van der Waals surface area contributed by atoms with Crippen LogP contribution < -0.4 is 10.1 Å². The Morgan fingerprint density at radius 2 is 1.66 bits per heavy atom. The lowest BCUT2D eigenvalue weighted by Crippen LogP contribution is -2.19. The summed E-state index contributed by atoms with van der Waals surface area (Å²) in [4.78, 5) is 10.4. The van der Waals surface area contributed by atoms with E-state index in [4.69, 9.17) is 14.7 Å². The summed E-state index contributed by atoms with van der Waals surface area (Å²) in [7, 11) is 0. The summed E-state index contributed by atoms with van der Waals surface area (Å²) in [5.74, 6) is 1.71. The highest BCUT2D eigenvalue weighted by atomic mass is 16.5. The second-order valence-electron chi connectivity index (χ2n) is 10.5. The highest BCUT2D eigenvalue weighted by Gasteiger charge is 2.35. The monoisotopic (exact) mass is 485 g/mol. The van der Waals surface area contributed by atoms with E-state index < -0.39 is 0 Å². The number of fused-ring (bicyclic) bond motifs is 1. The van der Waals surface area contributed by atoms with Gasteiger partial charge in [-0.15, -0.1) is 0 Å². The smallest absolute Gasteiger partial charge is 0.235 e. The van der Waals surface area contributed by atoms with Gasteiger partial charge in [0.15, 0.2) is 0 Å². The second-order valence-corrected chi connectivity index (χ2v) is 10.5. The van der Waals surface area contributed by atoms with E-state index in [0.717, 1.165) is 39.8 Å². The molecule has 5 aromatic carbocycles. The maximum absolute atomic E-state index is 6.44. The summed E-state index contributed by atoms with van der Waals surface area (Å²) in [6.45, 7) is 0. The number of hydrogen-bond donors (Lipinski definition) is 0. The van der Waals surface area contributed by atoms with E-state index in [0.29, 0.717) is 5.95 Å². The summed E-state index contributed by atoms with van der Waals surface area (Å²) in [5, 5.41) is 8.78. The first kappa shape index (κ1) is 19.2. The summed E-state index contributed by atoms with van der Waals surface area (Å²) in [6, 6.07) is 27.6. The van der Waals surface area contributed by atoms with E-state index in [1.807, 2.05) is 6.07 Å². The third-order valence-corrected chi connectivity index (χ3v) is 8.59. The van der Waals surface area contributed by atoms with Crippen molar-refractivity contribution >= 4 is 55.5 Å². The van der Waals surface area contributed by atoms with Gasteiger partial charge in [0.25, 0.3) is 0 Å². The topological polar surface area (TPSA) is 39.9 Å². The van der Waals surface area contributed by atoms with Gasteiger partial charge in [-0.05, 0) is 52.6 Å². The Morgan fingerprint density at radius 3 is 2.61 bits per heavy atom. The van der Waals surface area contributed by atoms with Crippen molar-refractivity contribution in [1.82, 2.24) is 14.5 Å². The van der Waals surface area contributed by atoms with Crippen LogP contribution in [0.3, 0.4) is 0 Å². The number of benzene rings is 5. The van der Waals surface area contributed by atoms with Crippen molar-refractivity contribution in [3.05, 3.63) is 107 Å². The molecule has 3 aliphatic rings. The molecule has 0 spiro atoms. The second kappa shape index (κ2) is 6.48. The lowest BCUT2D eigenvalue weighted by Gasteiger charge is -2.18. The molecule has 0 saturated heterocycles. The molecule has 1 aliphatic heterocycles. The Labute approximate surface area is 217 Å². The van der Waals surface area contributed by atoms with Crippen LogP contribution in [0.25, 0.3) is 72.7 Å². The van der Waals surface area contributed by atoms with E-state index >= 15 is 0 Å². The lowest BCUT2D eigenvalue weighted by atomic mass is 9.84. The van der Waals surface area contributed by atoms with Gasteiger partial charge < -0.3 is 4.74 Å². The van der Waals surface area contributed by atoms with Gasteiger partial charge in [0, 0.05) is 32.7 Å². The summed E-state index contributed by atoms with van der Waals surface area (Å²) >= 11 is 0. The molecule has 4 heteroatoms. The molecule has 0 bridgehead atoms. The van der Waals surface area contributed by atoms with Gasteiger partial charge in [-0.3, -0.25) is 4.57 Å². The first-order chi connectivity index (χ1) is 18.8. The zero-order valence-electron chi connectivity index (χ0n) is 20.3. The van der Waals surface area contributed by atoms with Gasteiger partial charge in [0.05, 0.1) is 22.1 Å². The number of nitrogens with zero attached hydrogens (tertiary/aromatic N) is 3. The number of hydrogen-bond acceptors (Lipinski definition) is 3. The first-order valence-corrected chi connectivity index (χ1v) is 13.1. The molecule has 0 saturated carbocycles. The number of para-hydroxylation sites is 1. The molecule has 3 heterocycles. The number of ether oxygens (including phenoxy) is 1. The van der Waals surface area contributed by atoms with Crippen LogP contribution in [-0.2, 0) is 6.42 Å². The SMILES string of the molecule is C1=CC2Oc3ccc4c5c3c2c2c1ccc1c2c5c(n1-c1nc(-c2ccccc2)c2ccccc2n1)=CC4. The van der Waals surface area contributed by atoms with Crippen LogP contribution in [0, 0.1) is 0 Å². The molecule has 10 rings (SSSR count). The van der Waals surface area contributed by atoms with E-state index in [-0.39, 0.29) is 6.10 Å². The minimum atomic E-state index is -0.0259. The van der Waals surface area contributed by atoms with Crippen molar-refractivity contribution in [2.24, 2.45) is 0 Å². The zero-order chi connectivity index (χ0) is 24.5. The molecule has 4 nitrogen and oxygen atoms in total. The van der Waals surface area contributed by atoms with Gasteiger partial charge >= 0.3 is 0 Å². The zero-order valence-corrected chi connectivity index (χ0v) is 20.3. The van der Waals surface area contributed by atoms with Crippen LogP contribution in [0.1, 0.15) is 22.8 Å². The van der Waals surface area contributed by atoms with Crippen LogP contribution in [0.4, 0.5) is 0 Å². The fourth-order valence-corrected chi connectivity index (χ4v) is 7.07. The first-order valence-electron chi connectivity index (χ1n) is 13.1. The maximum Gasteiger partial charge on any atom is 0.235 e. The van der Waals surface area contributed by atoms with Gasteiger partial charge in [0.1, 0.15) is 11.9 Å². The molecule has 2 aromatic heterocycles. The molecule has 2 aliphatic carbocycles. The highest BCUT2D eigenvalue weighted by Crippen LogP contribution is 2.53. The Kier molecular flexibility index (Phi) is 3.27. The quantitative estimate of drug-likeness (QED) is 0.246. The minimum Gasteiger partial charge on any atom is -0.481 e. The molecule has 0 fully saturated rings. The van der Waals surface area contributed by atoms with E-state index in [2.05, 4.69) is 95.6 Å². The third-order valence-electron chi connectivity index (χ3n) is 8.59. The van der Waals surface area contributed by atoms with Crippen LogP contribution in [0.2, 0.25) is 0 Å². The average Bonchev–Trinajstić information content (AvgIpc) is 3.53. The Hall–Kier alpha value is -4.96. The van der Waals surface area contributed by atoms with Crippen molar-refractivity contribution in [2.75, 3.05) is 0 Å². The molecule has 0 radical (unpaired) electrons. The standard InChI is InChI=1S/C34H19N3O/c1-2-6-20(7-3-1)33-21-8-4-5-9-22(21)35-34(36-33)37-23-14-10-18-12-16-25-31-27(18)29(23)30-24(37)15-11-19-13-17-26(38-25)32(31)28(19)30/h1-10,12-17,25H,11H2. The van der Waals surface area contributed by atoms with Crippen LogP contribution in [-0.4, -0.2) is 14.5 Å². The fraction of sp³-hybridized carbons (Fsp3) is 0.0588. The Balaban J connectivity index is 1.42. The van der Waals surface area contributed by atoms with Crippen molar-refractivity contribution in [3.8, 4) is 23.0 Å². The van der Waals surface area contributed by atoms with Crippen molar-refractivity contribution in [3.63, 3.8) is 0 Å². The molecule has 38 heavy (non-hydrogen) atoms. The van der Waals surface area contributed by atoms with Gasteiger partial charge in [0.2, 0.25) is 5.95 Å². The van der Waals surface area contributed by atoms with Crippen molar-refractivity contribution in [2.45, 2.75) is 12.5 Å². The minimum absolute atomic E-state index is 0.0259. The van der Waals surface area contributed by atoms with Crippen molar-refractivity contribution < 1.29 is 4.74 Å².